The topological polar surface area (TPSA) is 67.2 Å². The van der Waals surface area contributed by atoms with Crippen molar-refractivity contribution in [2.24, 2.45) is 17.8 Å². The Morgan fingerprint density at radius 1 is 1.17 bits per heavy atom. The molecule has 0 amide bonds. The van der Waals surface area contributed by atoms with Gasteiger partial charge in [0.15, 0.2) is 6.23 Å². The Hall–Kier alpha value is -0.700. The van der Waals surface area contributed by atoms with Crippen LogP contribution in [0.15, 0.2) is 22.7 Å². The highest BCUT2D eigenvalue weighted by atomic mass is 79.9. The smallest absolute Gasteiger partial charge is 0.194 e. The maximum Gasteiger partial charge on any atom is 0.194 e. The molecule has 3 N–H and O–H groups in total. The molecule has 1 aromatic rings. The molecule has 6 fully saturated rings. The summed E-state index contributed by atoms with van der Waals surface area (Å²) in [6.07, 6.45) is 5.33. The number of fused-ring (bicyclic) bond motifs is 2. The maximum atomic E-state index is 12.2. The van der Waals surface area contributed by atoms with Crippen LogP contribution in [0.1, 0.15) is 51.0 Å². The van der Waals surface area contributed by atoms with E-state index in [4.69, 9.17) is 0 Å². The molecule has 7 heteroatoms. The van der Waals surface area contributed by atoms with Crippen molar-refractivity contribution < 1.29 is 19.8 Å². The predicted octanol–water partition coefficient (Wildman–Crippen LogP) is 2.68. The number of benzene rings is 1. The average Bonchev–Trinajstić information content (AvgIpc) is 3.22. The number of anilines is 1. The number of aliphatic hydroxyl groups excluding tert-OH is 3. The number of β-amino-alcohol motifs (C(OH)–C–C–N with tert-alkyl or cyclic N) is 1. The zero-order chi connectivity index (χ0) is 24.3. The quantitative estimate of drug-likeness (QED) is 0.495. The minimum atomic E-state index is -0.452. The van der Waals surface area contributed by atoms with E-state index in [1.807, 2.05) is 0 Å². The number of quaternary nitrogens is 1. The van der Waals surface area contributed by atoms with E-state index in [0.717, 1.165) is 36.8 Å². The van der Waals surface area contributed by atoms with E-state index in [1.165, 1.54) is 30.5 Å². The number of rotatable bonds is 5. The summed E-state index contributed by atoms with van der Waals surface area (Å²) in [5.41, 5.74) is 2.25. The second-order valence-corrected chi connectivity index (χ2v) is 13.6. The molecule has 0 radical (unpaired) electrons. The van der Waals surface area contributed by atoms with Gasteiger partial charge >= 0.3 is 0 Å². The molecule has 0 aromatic heterocycles. The Labute approximate surface area is 217 Å². The molecule has 6 heterocycles. The molecule has 35 heavy (non-hydrogen) atoms. The fourth-order valence-electron chi connectivity index (χ4n) is 10.6. The van der Waals surface area contributed by atoms with E-state index in [1.54, 1.807) is 0 Å². The van der Waals surface area contributed by atoms with Crippen LogP contribution >= 0.6 is 15.9 Å². The lowest BCUT2D eigenvalue weighted by atomic mass is 9.60. The number of likely N-dealkylation sites (N-methyl/N-ethyl adjacent to an activating group) is 1. The number of aliphatic hydroxyl groups is 3. The van der Waals surface area contributed by atoms with Gasteiger partial charge in [-0.2, -0.15) is 0 Å². The van der Waals surface area contributed by atoms with Crippen LogP contribution in [-0.4, -0.2) is 94.5 Å². The lowest BCUT2D eigenvalue weighted by Crippen LogP contribution is -2.84. The van der Waals surface area contributed by atoms with Crippen LogP contribution in [0.5, 0.6) is 0 Å². The first-order valence-corrected chi connectivity index (χ1v) is 14.8. The molecule has 192 valence electrons. The Morgan fingerprint density at radius 3 is 2.69 bits per heavy atom. The molecule has 7 aliphatic rings. The van der Waals surface area contributed by atoms with Gasteiger partial charge in [-0.1, -0.05) is 29.3 Å². The molecule has 5 saturated heterocycles. The largest absolute Gasteiger partial charge is 0.392 e. The zero-order valence-electron chi connectivity index (χ0n) is 21.1. The molecule has 1 saturated carbocycles. The minimum absolute atomic E-state index is 0.155. The van der Waals surface area contributed by atoms with Gasteiger partial charge in [-0.3, -0.25) is 4.48 Å². The minimum Gasteiger partial charge on any atom is -0.392 e. The third kappa shape index (κ3) is 2.78. The van der Waals surface area contributed by atoms with Gasteiger partial charge in [-0.25, -0.2) is 0 Å². The number of hydrogen-bond donors (Lipinski definition) is 3. The molecule has 1 aliphatic carbocycles. The average molecular weight is 548 g/mol. The third-order valence-corrected chi connectivity index (χ3v) is 12.1. The molecular formula is C28H41BrN3O3+. The van der Waals surface area contributed by atoms with E-state index in [-0.39, 0.29) is 35.4 Å². The van der Waals surface area contributed by atoms with Gasteiger partial charge in [0.1, 0.15) is 18.7 Å². The molecule has 1 unspecified atom stereocenters. The zero-order valence-corrected chi connectivity index (χ0v) is 22.6. The van der Waals surface area contributed by atoms with Crippen molar-refractivity contribution in [3.63, 3.8) is 0 Å². The second kappa shape index (κ2) is 7.90. The van der Waals surface area contributed by atoms with Crippen LogP contribution in [0, 0.1) is 17.8 Å². The van der Waals surface area contributed by atoms with Crippen molar-refractivity contribution in [2.75, 3.05) is 38.1 Å². The standard InChI is InChI=1S/C28H41BrN3O3/c1-3-18-19-12-22-25-28(20-11-16(29)7-8-21(20)30(25)2)13-23(24(19)26(28)34)32(22,27(18)35)15-17(33)14-31-9-5-4-6-10-31/h7-8,11,17-19,22-27,33-35H,3-6,9-10,12-15H2,1-2H3/q+1/t17-,18-,19+,22-,23+,24-,25-,26+,27-,28-,32?/m1/s1. The fraction of sp³-hybridized carbons (Fsp3) is 0.786. The van der Waals surface area contributed by atoms with Crippen LogP contribution in [0.25, 0.3) is 0 Å². The first-order valence-electron chi connectivity index (χ1n) is 14.0. The van der Waals surface area contributed by atoms with E-state index < -0.39 is 18.4 Å². The Kier molecular flexibility index (Phi) is 5.29. The molecule has 5 bridgehead atoms. The van der Waals surface area contributed by atoms with Crippen LogP contribution in [0.2, 0.25) is 0 Å². The summed E-state index contributed by atoms with van der Waals surface area (Å²) in [7, 11) is 2.20. The number of nitrogens with zero attached hydrogens (tertiary/aromatic N) is 3. The van der Waals surface area contributed by atoms with Crippen molar-refractivity contribution in [2.45, 2.75) is 87.4 Å². The van der Waals surface area contributed by atoms with Gasteiger partial charge < -0.3 is 25.1 Å². The molecular weight excluding hydrogens is 506 g/mol. The van der Waals surface area contributed by atoms with E-state index in [2.05, 4.69) is 57.9 Å². The number of hydrogen-bond acceptors (Lipinski definition) is 5. The molecule has 11 atom stereocenters. The van der Waals surface area contributed by atoms with Gasteiger partial charge in [-0.15, -0.1) is 0 Å². The van der Waals surface area contributed by atoms with E-state index in [0.29, 0.717) is 23.5 Å². The van der Waals surface area contributed by atoms with Crippen LogP contribution in [0.4, 0.5) is 5.69 Å². The molecule has 6 nitrogen and oxygen atoms in total. The van der Waals surface area contributed by atoms with Crippen molar-refractivity contribution >= 4 is 21.6 Å². The summed E-state index contributed by atoms with van der Waals surface area (Å²) < 4.78 is 1.68. The fourth-order valence-corrected chi connectivity index (χ4v) is 11.0. The first-order chi connectivity index (χ1) is 16.8. The molecule has 1 spiro atoms. The predicted molar refractivity (Wildman–Crippen MR) is 139 cm³/mol. The summed E-state index contributed by atoms with van der Waals surface area (Å²) in [4.78, 5) is 4.85. The third-order valence-electron chi connectivity index (χ3n) is 11.6. The van der Waals surface area contributed by atoms with Gasteiger partial charge in [0.2, 0.25) is 0 Å². The van der Waals surface area contributed by atoms with Gasteiger partial charge in [0.05, 0.1) is 23.6 Å². The highest BCUT2D eigenvalue weighted by Crippen LogP contribution is 2.71. The summed E-state index contributed by atoms with van der Waals surface area (Å²) >= 11 is 3.71. The normalized spacial score (nSPS) is 48.3. The Bertz CT molecular complexity index is 1020. The monoisotopic (exact) mass is 546 g/mol. The number of halogens is 1. The highest BCUT2D eigenvalue weighted by molar-refractivity contribution is 9.10. The molecule has 6 aliphatic heterocycles. The number of likely N-dealkylation sites (tertiary alicyclic amines) is 1. The van der Waals surface area contributed by atoms with Gasteiger partial charge in [-0.05, 0) is 62.0 Å². The molecule has 8 rings (SSSR count). The highest BCUT2D eigenvalue weighted by Gasteiger charge is 2.83. The lowest BCUT2D eigenvalue weighted by Gasteiger charge is -2.68. The van der Waals surface area contributed by atoms with Crippen molar-refractivity contribution in [1.82, 2.24) is 4.90 Å². The maximum absolute atomic E-state index is 12.2. The first kappa shape index (κ1) is 23.4. The van der Waals surface area contributed by atoms with Crippen molar-refractivity contribution in [3.05, 3.63) is 28.2 Å². The summed E-state index contributed by atoms with van der Waals surface area (Å²) in [6.45, 7) is 5.67. The van der Waals surface area contributed by atoms with Gasteiger partial charge in [0.25, 0.3) is 0 Å². The second-order valence-electron chi connectivity index (χ2n) is 12.7. The summed E-state index contributed by atoms with van der Waals surface area (Å²) in [5.74, 6) is 0.768. The SMILES string of the molecule is CC[C@@H]1[C@@H]2C[C@@H]3[C@H]4N(C)c5ccc(Br)cc5[C@]45C[C@@H]([C@@H]2[C@@H]5O)[N+]3(C[C@H](O)CN2CCCCC2)[C@@H]1O. The van der Waals surface area contributed by atoms with Crippen LogP contribution in [-0.2, 0) is 5.41 Å². The lowest BCUT2D eigenvalue weighted by molar-refractivity contribution is -1.04. The van der Waals surface area contributed by atoms with Gasteiger partial charge in [0, 0.05) is 48.4 Å². The summed E-state index contributed by atoms with van der Waals surface area (Å²) in [6, 6.07) is 7.18. The van der Waals surface area contributed by atoms with Crippen LogP contribution < -0.4 is 4.90 Å². The number of piperidine rings is 5. The van der Waals surface area contributed by atoms with Crippen LogP contribution in [0.3, 0.4) is 0 Å². The van der Waals surface area contributed by atoms with E-state index in [9.17, 15) is 15.3 Å². The van der Waals surface area contributed by atoms with Crippen molar-refractivity contribution in [3.8, 4) is 0 Å². The Balaban J connectivity index is 1.33. The van der Waals surface area contributed by atoms with Crippen molar-refractivity contribution in [1.29, 1.82) is 0 Å². The molecule has 1 aromatic carbocycles. The van der Waals surface area contributed by atoms with E-state index >= 15 is 0 Å². The Morgan fingerprint density at radius 2 is 1.94 bits per heavy atom. The summed E-state index contributed by atoms with van der Waals surface area (Å²) in [5, 5.41) is 35.9.